The number of rotatable bonds is 4. The first-order valence-corrected chi connectivity index (χ1v) is 13.8. The summed E-state index contributed by atoms with van der Waals surface area (Å²) < 4.78 is 0. The maximum Gasteiger partial charge on any atom is 0.0594 e. The summed E-state index contributed by atoms with van der Waals surface area (Å²) in [7, 11) is 0. The van der Waals surface area contributed by atoms with Gasteiger partial charge in [0.05, 0.1) is 6.10 Å². The molecule has 0 aromatic carbocycles. The van der Waals surface area contributed by atoms with Crippen LogP contribution in [-0.4, -0.2) is 11.2 Å². The molecule has 31 heavy (non-hydrogen) atoms. The SMILES string of the molecule is CC(C)=CCC[C@H](C)[C@H]1CC[C@@]2(C)[C@H]3CC[C@@H]4C(C)(C)[C@@H](O)CC[C@]45C[C@]35CC[C@]12C. The zero-order chi connectivity index (χ0) is 22.4. The van der Waals surface area contributed by atoms with Crippen molar-refractivity contribution in [3.63, 3.8) is 0 Å². The summed E-state index contributed by atoms with van der Waals surface area (Å²) in [6.45, 7) is 17.3. The highest BCUT2D eigenvalue weighted by Crippen LogP contribution is 2.89. The van der Waals surface area contributed by atoms with E-state index in [2.05, 4.69) is 54.5 Å². The maximum absolute atomic E-state index is 10.8. The minimum Gasteiger partial charge on any atom is -0.393 e. The Morgan fingerprint density at radius 1 is 0.871 bits per heavy atom. The molecule has 0 radical (unpaired) electrons. The van der Waals surface area contributed by atoms with E-state index < -0.39 is 0 Å². The van der Waals surface area contributed by atoms with Crippen molar-refractivity contribution in [1.82, 2.24) is 0 Å². The molecule has 0 aromatic heterocycles. The van der Waals surface area contributed by atoms with Crippen molar-refractivity contribution < 1.29 is 5.11 Å². The average Bonchev–Trinajstić information content (AvgIpc) is 3.27. The molecule has 0 saturated heterocycles. The number of allylic oxidation sites excluding steroid dienone is 2. The van der Waals surface area contributed by atoms with Gasteiger partial charge >= 0.3 is 0 Å². The van der Waals surface area contributed by atoms with Crippen molar-refractivity contribution in [2.24, 2.45) is 50.7 Å². The summed E-state index contributed by atoms with van der Waals surface area (Å²) in [5, 5.41) is 10.8. The maximum atomic E-state index is 10.8. The topological polar surface area (TPSA) is 20.2 Å². The molecule has 0 aliphatic heterocycles. The van der Waals surface area contributed by atoms with Gasteiger partial charge in [0.1, 0.15) is 0 Å². The van der Waals surface area contributed by atoms with Crippen molar-refractivity contribution >= 4 is 0 Å². The van der Waals surface area contributed by atoms with Crippen LogP contribution in [0.3, 0.4) is 0 Å². The van der Waals surface area contributed by atoms with Gasteiger partial charge in [-0.1, -0.05) is 46.3 Å². The third-order valence-electron chi connectivity index (χ3n) is 13.0. The van der Waals surface area contributed by atoms with E-state index >= 15 is 0 Å². The van der Waals surface area contributed by atoms with E-state index in [4.69, 9.17) is 0 Å². The fourth-order valence-corrected chi connectivity index (χ4v) is 11.1. The summed E-state index contributed by atoms with van der Waals surface area (Å²) in [4.78, 5) is 0. The van der Waals surface area contributed by atoms with Crippen molar-refractivity contribution in [2.75, 3.05) is 0 Å². The van der Waals surface area contributed by atoms with Crippen LogP contribution >= 0.6 is 0 Å². The van der Waals surface area contributed by atoms with Gasteiger partial charge in [0, 0.05) is 0 Å². The lowest BCUT2D eigenvalue weighted by atomic mass is 9.41. The van der Waals surface area contributed by atoms with Crippen LogP contribution in [0.25, 0.3) is 0 Å². The molecular weight excluding hydrogens is 376 g/mol. The van der Waals surface area contributed by atoms with E-state index in [0.717, 1.165) is 30.1 Å². The highest BCUT2D eigenvalue weighted by Gasteiger charge is 2.82. The highest BCUT2D eigenvalue weighted by atomic mass is 16.3. The zero-order valence-electron chi connectivity index (χ0n) is 21.7. The molecule has 9 atom stereocenters. The first-order chi connectivity index (χ1) is 14.4. The van der Waals surface area contributed by atoms with Crippen LogP contribution in [0.2, 0.25) is 0 Å². The van der Waals surface area contributed by atoms with Crippen LogP contribution in [0.5, 0.6) is 0 Å². The number of aliphatic hydroxyl groups excluding tert-OH is 1. The van der Waals surface area contributed by atoms with E-state index in [9.17, 15) is 5.11 Å². The van der Waals surface area contributed by atoms with Crippen LogP contribution < -0.4 is 0 Å². The van der Waals surface area contributed by atoms with Gasteiger partial charge in [-0.2, -0.15) is 0 Å². The Bertz CT molecular complexity index is 760. The van der Waals surface area contributed by atoms with E-state index in [1.807, 2.05) is 0 Å². The quantitative estimate of drug-likeness (QED) is 0.449. The van der Waals surface area contributed by atoms with Gasteiger partial charge in [-0.3, -0.25) is 0 Å². The molecule has 5 aliphatic rings. The molecule has 0 amide bonds. The largest absolute Gasteiger partial charge is 0.393 e. The molecule has 0 heterocycles. The van der Waals surface area contributed by atoms with Crippen LogP contribution in [-0.2, 0) is 0 Å². The van der Waals surface area contributed by atoms with Crippen molar-refractivity contribution in [1.29, 1.82) is 0 Å². The van der Waals surface area contributed by atoms with Crippen molar-refractivity contribution in [3.05, 3.63) is 11.6 Å². The zero-order valence-corrected chi connectivity index (χ0v) is 21.7. The first kappa shape index (κ1) is 22.5. The van der Waals surface area contributed by atoms with Gasteiger partial charge in [-0.25, -0.2) is 0 Å². The molecule has 1 N–H and O–H groups in total. The molecule has 5 rings (SSSR count). The van der Waals surface area contributed by atoms with Gasteiger partial charge in [0.2, 0.25) is 0 Å². The van der Waals surface area contributed by atoms with E-state index in [0.29, 0.717) is 21.7 Å². The second kappa shape index (κ2) is 6.86. The second-order valence-electron chi connectivity index (χ2n) is 14.4. The summed E-state index contributed by atoms with van der Waals surface area (Å²) in [5.74, 6) is 3.46. The van der Waals surface area contributed by atoms with Gasteiger partial charge in [-0.05, 0) is 135 Å². The Kier molecular flexibility index (Phi) is 4.98. The van der Waals surface area contributed by atoms with Crippen molar-refractivity contribution in [2.45, 2.75) is 125 Å². The van der Waals surface area contributed by atoms with E-state index in [1.165, 1.54) is 69.8 Å². The lowest BCUT2D eigenvalue weighted by Crippen LogP contribution is -2.57. The number of fused-ring (bicyclic) bond motifs is 2. The Labute approximate surface area is 192 Å². The molecule has 0 unspecified atom stereocenters. The lowest BCUT2D eigenvalue weighted by Gasteiger charge is -2.63. The number of aliphatic hydroxyl groups is 1. The van der Waals surface area contributed by atoms with Gasteiger partial charge in [0.25, 0.3) is 0 Å². The van der Waals surface area contributed by atoms with E-state index in [1.54, 1.807) is 0 Å². The Morgan fingerprint density at radius 2 is 1.55 bits per heavy atom. The van der Waals surface area contributed by atoms with Gasteiger partial charge < -0.3 is 5.11 Å². The third-order valence-corrected chi connectivity index (χ3v) is 13.0. The fraction of sp³-hybridized carbons (Fsp3) is 0.933. The lowest BCUT2D eigenvalue weighted by molar-refractivity contribution is -0.161. The molecular formula is C30H50O. The molecule has 0 aromatic rings. The molecule has 1 nitrogen and oxygen atoms in total. The minimum atomic E-state index is -0.0840. The standard InChI is InChI=1S/C30H50O/c1-20(2)9-8-10-21(3)22-13-15-28(7)24-12-11-23-26(4,5)25(31)14-16-29(23)19-30(24,29)18-17-27(22,28)6/h9,21-25,31H,8,10-19H2,1-7H3/t21-,22+,23+,24+,25-,27+,28-,29-,30+/m0/s1. The average molecular weight is 427 g/mol. The molecule has 176 valence electrons. The summed E-state index contributed by atoms with van der Waals surface area (Å²) in [6.07, 6.45) is 17.6. The Hall–Kier alpha value is -0.300. The minimum absolute atomic E-state index is 0.0840. The normalized spacial score (nSPS) is 52.9. The van der Waals surface area contributed by atoms with Crippen LogP contribution in [0.15, 0.2) is 11.6 Å². The van der Waals surface area contributed by atoms with Gasteiger partial charge in [0.15, 0.2) is 0 Å². The summed E-state index contributed by atoms with van der Waals surface area (Å²) >= 11 is 0. The molecule has 0 bridgehead atoms. The monoisotopic (exact) mass is 426 g/mol. The van der Waals surface area contributed by atoms with Crippen molar-refractivity contribution in [3.8, 4) is 0 Å². The molecule has 5 aliphatic carbocycles. The predicted octanol–water partition coefficient (Wildman–Crippen LogP) is 8.17. The predicted molar refractivity (Wildman–Crippen MR) is 131 cm³/mol. The summed E-state index contributed by atoms with van der Waals surface area (Å²) in [6, 6.07) is 0. The second-order valence-corrected chi connectivity index (χ2v) is 14.4. The Morgan fingerprint density at radius 3 is 2.26 bits per heavy atom. The molecule has 2 spiro atoms. The highest BCUT2D eigenvalue weighted by molar-refractivity contribution is 5.30. The smallest absolute Gasteiger partial charge is 0.0594 e. The number of hydrogen-bond donors (Lipinski definition) is 1. The third kappa shape index (κ3) is 2.71. The van der Waals surface area contributed by atoms with Crippen LogP contribution in [0.4, 0.5) is 0 Å². The van der Waals surface area contributed by atoms with E-state index in [-0.39, 0.29) is 11.5 Å². The van der Waals surface area contributed by atoms with Gasteiger partial charge in [-0.15, -0.1) is 0 Å². The molecule has 5 saturated carbocycles. The molecule has 5 fully saturated rings. The fourth-order valence-electron chi connectivity index (χ4n) is 11.1. The van der Waals surface area contributed by atoms with Crippen LogP contribution in [0, 0.1) is 50.7 Å². The Balaban J connectivity index is 1.41. The summed E-state index contributed by atoms with van der Waals surface area (Å²) in [5.41, 5.74) is 3.87. The molecule has 1 heteroatoms. The first-order valence-electron chi connectivity index (χ1n) is 13.8. The number of hydrogen-bond acceptors (Lipinski definition) is 1. The van der Waals surface area contributed by atoms with Crippen LogP contribution in [0.1, 0.15) is 119 Å².